The van der Waals surface area contributed by atoms with Crippen LogP contribution in [0.2, 0.25) is 0 Å². The maximum atomic E-state index is 5.22. The highest BCUT2D eigenvalue weighted by Gasteiger charge is 1.73. The highest BCUT2D eigenvalue weighted by Crippen LogP contribution is 1.69. The minimum absolute atomic E-state index is 0.348. The van der Waals surface area contributed by atoms with Gasteiger partial charge in [0.05, 0.1) is 0 Å². The van der Waals surface area contributed by atoms with E-state index >= 15 is 0 Å². The molecule has 0 heterocycles. The Morgan fingerprint density at radius 2 is 2.11 bits per heavy atom. The van der Waals surface area contributed by atoms with E-state index in [1.165, 1.54) is 18.6 Å². The third-order valence-corrected chi connectivity index (χ3v) is 0.588. The largest absolute Gasteiger partial charge is 0.384 e. The molecule has 0 atom stereocenters. The van der Waals surface area contributed by atoms with Crippen molar-refractivity contribution in [2.75, 3.05) is 0 Å². The van der Waals surface area contributed by atoms with Gasteiger partial charge < -0.3 is 5.73 Å². The molecule has 3 heteroatoms. The molecule has 0 radical (unpaired) electrons. The molecule has 0 aliphatic rings. The Labute approximate surface area is 54.3 Å². The third-order valence-electron chi connectivity index (χ3n) is 0.588. The quantitative estimate of drug-likeness (QED) is 0.436. The summed E-state index contributed by atoms with van der Waals surface area (Å²) in [5, 5.41) is 0. The minimum atomic E-state index is 0.348. The lowest BCUT2D eigenvalue weighted by Crippen LogP contribution is -2.06. The van der Waals surface area contributed by atoms with Crippen molar-refractivity contribution in [2.24, 2.45) is 15.7 Å². The van der Waals surface area contributed by atoms with Crippen LogP contribution in [0.3, 0.4) is 0 Å². The first kappa shape index (κ1) is 7.62. The number of rotatable bonds is 3. The average Bonchev–Trinajstić information content (AvgIpc) is 1.89. The molecule has 2 N–H and O–H groups in total. The smallest absolute Gasteiger partial charge is 0.124 e. The number of nitrogens with two attached hydrogens (primary N) is 1. The van der Waals surface area contributed by atoms with Crippen LogP contribution in [0.4, 0.5) is 0 Å². The fraction of sp³-hybridized carbons (Fsp3) is 0. The molecule has 0 bridgehead atoms. The van der Waals surface area contributed by atoms with Gasteiger partial charge in [0.15, 0.2) is 0 Å². The molecular weight excluding hydrogens is 114 g/mol. The van der Waals surface area contributed by atoms with Gasteiger partial charge in [-0.1, -0.05) is 13.2 Å². The van der Waals surface area contributed by atoms with Gasteiger partial charge in [-0.3, -0.25) is 0 Å². The highest BCUT2D eigenvalue weighted by molar-refractivity contribution is 5.95. The first-order valence-electron chi connectivity index (χ1n) is 2.39. The van der Waals surface area contributed by atoms with E-state index in [9.17, 15) is 0 Å². The van der Waals surface area contributed by atoms with Gasteiger partial charge in [-0.05, 0) is 6.08 Å². The van der Waals surface area contributed by atoms with Crippen LogP contribution in [0.15, 0.2) is 35.4 Å². The summed E-state index contributed by atoms with van der Waals surface area (Å²) >= 11 is 0. The van der Waals surface area contributed by atoms with Crippen molar-refractivity contribution in [1.82, 2.24) is 0 Å². The molecule has 0 fully saturated rings. The molecule has 0 unspecified atom stereocenters. The van der Waals surface area contributed by atoms with E-state index in [-0.39, 0.29) is 0 Å². The van der Waals surface area contributed by atoms with Gasteiger partial charge in [0.1, 0.15) is 12.2 Å². The summed E-state index contributed by atoms with van der Waals surface area (Å²) in [6.07, 6.45) is 4.12. The van der Waals surface area contributed by atoms with Crippen molar-refractivity contribution in [1.29, 1.82) is 0 Å². The van der Waals surface area contributed by atoms with Crippen LogP contribution in [0.25, 0.3) is 0 Å². The Morgan fingerprint density at radius 3 is 2.56 bits per heavy atom. The van der Waals surface area contributed by atoms with Crippen molar-refractivity contribution in [3.05, 3.63) is 25.4 Å². The Balaban J connectivity index is 3.81. The van der Waals surface area contributed by atoms with Crippen LogP contribution in [-0.4, -0.2) is 12.2 Å². The Bertz CT molecular complexity index is 156. The maximum Gasteiger partial charge on any atom is 0.124 e. The summed E-state index contributed by atoms with van der Waals surface area (Å²) in [4.78, 5) is 7.23. The lowest BCUT2D eigenvalue weighted by atomic mass is 10.6. The second-order valence-corrected chi connectivity index (χ2v) is 1.21. The van der Waals surface area contributed by atoms with Gasteiger partial charge >= 0.3 is 0 Å². The number of aliphatic imine (C=N–C) groups is 2. The molecular formula is C6H9N3. The molecule has 0 aliphatic heterocycles. The first-order chi connectivity index (χ1) is 4.31. The second-order valence-electron chi connectivity index (χ2n) is 1.21. The van der Waals surface area contributed by atoms with Crippen LogP contribution in [-0.2, 0) is 0 Å². The highest BCUT2D eigenvalue weighted by atomic mass is 14.9. The van der Waals surface area contributed by atoms with Crippen molar-refractivity contribution in [3.8, 4) is 0 Å². The van der Waals surface area contributed by atoms with Gasteiger partial charge in [-0.15, -0.1) is 0 Å². The van der Waals surface area contributed by atoms with E-state index in [1.807, 2.05) is 0 Å². The van der Waals surface area contributed by atoms with E-state index in [2.05, 4.69) is 23.1 Å². The second kappa shape index (κ2) is 4.77. The fourth-order valence-corrected chi connectivity index (χ4v) is 0.200. The van der Waals surface area contributed by atoms with Gasteiger partial charge in [-0.2, -0.15) is 0 Å². The van der Waals surface area contributed by atoms with E-state index < -0.39 is 0 Å². The fourth-order valence-electron chi connectivity index (χ4n) is 0.200. The summed E-state index contributed by atoms with van der Waals surface area (Å²) in [7, 11) is 0. The molecule has 0 spiro atoms. The zero-order valence-corrected chi connectivity index (χ0v) is 5.12. The van der Waals surface area contributed by atoms with E-state index in [4.69, 9.17) is 5.73 Å². The van der Waals surface area contributed by atoms with E-state index in [1.54, 1.807) is 0 Å². The SMILES string of the molecule is C=CN=CN=C(N)C=C. The third kappa shape index (κ3) is 4.47. The van der Waals surface area contributed by atoms with Crippen molar-refractivity contribution < 1.29 is 0 Å². The molecule has 3 nitrogen and oxygen atoms in total. The molecule has 0 aromatic rings. The summed E-state index contributed by atoms with van der Waals surface area (Å²) in [6.45, 7) is 6.75. The van der Waals surface area contributed by atoms with Crippen molar-refractivity contribution in [3.63, 3.8) is 0 Å². The summed E-state index contributed by atoms with van der Waals surface area (Å²) in [5.41, 5.74) is 5.22. The number of hydrogen-bond donors (Lipinski definition) is 1. The number of nitrogens with zero attached hydrogens (tertiary/aromatic N) is 2. The van der Waals surface area contributed by atoms with Crippen LogP contribution >= 0.6 is 0 Å². The molecule has 0 amide bonds. The normalized spacial score (nSPS) is 11.8. The maximum absolute atomic E-state index is 5.22. The molecule has 9 heavy (non-hydrogen) atoms. The van der Waals surface area contributed by atoms with Crippen LogP contribution < -0.4 is 5.73 Å². The Hall–Kier alpha value is -1.38. The van der Waals surface area contributed by atoms with Crippen LogP contribution in [0.5, 0.6) is 0 Å². The van der Waals surface area contributed by atoms with Crippen molar-refractivity contribution in [2.45, 2.75) is 0 Å². The zero-order valence-electron chi connectivity index (χ0n) is 5.12. The Kier molecular flexibility index (Phi) is 4.04. The van der Waals surface area contributed by atoms with Crippen LogP contribution in [0.1, 0.15) is 0 Å². The predicted octanol–water partition coefficient (Wildman–Crippen LogP) is 0.701. The molecule has 48 valence electrons. The van der Waals surface area contributed by atoms with Gasteiger partial charge in [0.25, 0.3) is 0 Å². The lowest BCUT2D eigenvalue weighted by Gasteiger charge is -1.81. The van der Waals surface area contributed by atoms with Gasteiger partial charge in [0, 0.05) is 6.20 Å². The topological polar surface area (TPSA) is 50.7 Å². The standard InChI is InChI=1S/C6H9N3/c1-3-6(7)9-5-8-4-2/h3-5H,1-2H2,(H2,7,8,9). The number of amidine groups is 1. The van der Waals surface area contributed by atoms with Crippen LogP contribution in [0, 0.1) is 0 Å². The first-order valence-corrected chi connectivity index (χ1v) is 2.39. The molecule has 0 rings (SSSR count). The molecule has 0 saturated heterocycles. The minimum Gasteiger partial charge on any atom is -0.384 e. The molecule has 0 aliphatic carbocycles. The van der Waals surface area contributed by atoms with E-state index in [0.717, 1.165) is 0 Å². The monoisotopic (exact) mass is 123 g/mol. The molecule has 0 saturated carbocycles. The van der Waals surface area contributed by atoms with Crippen molar-refractivity contribution >= 4 is 12.2 Å². The molecule has 0 aromatic carbocycles. The summed E-state index contributed by atoms with van der Waals surface area (Å²) in [5.74, 6) is 0.348. The Morgan fingerprint density at radius 1 is 1.44 bits per heavy atom. The summed E-state index contributed by atoms with van der Waals surface area (Å²) in [6, 6.07) is 0. The van der Waals surface area contributed by atoms with Gasteiger partial charge in [-0.25, -0.2) is 9.98 Å². The average molecular weight is 123 g/mol. The lowest BCUT2D eigenvalue weighted by molar-refractivity contribution is 1.54. The summed E-state index contributed by atoms with van der Waals surface area (Å²) < 4.78 is 0. The number of hydrogen-bond acceptors (Lipinski definition) is 1. The zero-order chi connectivity index (χ0) is 7.11. The van der Waals surface area contributed by atoms with Gasteiger partial charge in [0.2, 0.25) is 0 Å². The predicted molar refractivity (Wildman–Crippen MR) is 40.5 cm³/mol. The molecule has 0 aromatic heterocycles. The van der Waals surface area contributed by atoms with E-state index in [0.29, 0.717) is 5.84 Å².